The molecule has 144 valence electrons. The second-order valence-electron chi connectivity index (χ2n) is 6.76. The zero-order chi connectivity index (χ0) is 19.6. The lowest BCUT2D eigenvalue weighted by atomic mass is 10.0. The quantitative estimate of drug-likeness (QED) is 0.829. The summed E-state index contributed by atoms with van der Waals surface area (Å²) in [6.45, 7) is 6.05. The van der Waals surface area contributed by atoms with Crippen molar-refractivity contribution >= 4 is 17.9 Å². The average Bonchev–Trinajstić information content (AvgIpc) is 3.05. The fourth-order valence-corrected chi connectivity index (χ4v) is 2.94. The van der Waals surface area contributed by atoms with Gasteiger partial charge < -0.3 is 14.8 Å². The summed E-state index contributed by atoms with van der Waals surface area (Å²) in [5.74, 6) is 0.355. The number of carbonyl (C=O) groups excluding carboxylic acids is 1. The molecule has 1 aliphatic heterocycles. The number of amides is 1. The number of nitrogens with one attached hydrogen (secondary N) is 1. The second kappa shape index (κ2) is 7.77. The standard InChI is InChI=1S/C19H23FN4O3/c1-11(2)16-10-27-19(25)24(16)17-15(20)9-21-18(23-17)22-12(3)13-5-7-14(26-4)8-6-13/h5-9,11-12,16H,10H2,1-4H3,(H,21,22,23)/t12-,16+/m0/s1. The Morgan fingerprint density at radius 2 is 2.00 bits per heavy atom. The first-order chi connectivity index (χ1) is 12.9. The van der Waals surface area contributed by atoms with Crippen LogP contribution in [0.3, 0.4) is 0 Å². The first-order valence-corrected chi connectivity index (χ1v) is 8.79. The number of rotatable bonds is 6. The molecule has 2 aromatic rings. The Kier molecular flexibility index (Phi) is 5.43. The SMILES string of the molecule is COc1ccc([C@H](C)Nc2ncc(F)c(N3C(=O)OC[C@@H]3C(C)C)n2)cc1. The largest absolute Gasteiger partial charge is 0.497 e. The van der Waals surface area contributed by atoms with Crippen molar-refractivity contribution in [1.82, 2.24) is 9.97 Å². The molecule has 0 spiro atoms. The third kappa shape index (κ3) is 3.94. The molecule has 8 heteroatoms. The van der Waals surface area contributed by atoms with Crippen LogP contribution < -0.4 is 15.0 Å². The number of carbonyl (C=O) groups is 1. The van der Waals surface area contributed by atoms with Crippen molar-refractivity contribution < 1.29 is 18.7 Å². The molecule has 1 amide bonds. The highest BCUT2D eigenvalue weighted by atomic mass is 19.1. The number of hydrogen-bond acceptors (Lipinski definition) is 6. The van der Waals surface area contributed by atoms with Gasteiger partial charge in [0.05, 0.1) is 25.4 Å². The van der Waals surface area contributed by atoms with Crippen LogP contribution in [0.5, 0.6) is 5.75 Å². The number of methoxy groups -OCH3 is 1. The highest BCUT2D eigenvalue weighted by molar-refractivity contribution is 5.89. The molecule has 27 heavy (non-hydrogen) atoms. The van der Waals surface area contributed by atoms with Crippen LogP contribution in [0.2, 0.25) is 0 Å². The summed E-state index contributed by atoms with van der Waals surface area (Å²) in [6.07, 6.45) is 0.467. The minimum Gasteiger partial charge on any atom is -0.497 e. The van der Waals surface area contributed by atoms with E-state index in [1.807, 2.05) is 45.0 Å². The van der Waals surface area contributed by atoms with Crippen molar-refractivity contribution in [2.24, 2.45) is 5.92 Å². The molecule has 7 nitrogen and oxygen atoms in total. The minimum atomic E-state index is -0.665. The highest BCUT2D eigenvalue weighted by Crippen LogP contribution is 2.29. The number of nitrogens with zero attached hydrogens (tertiary/aromatic N) is 3. The smallest absolute Gasteiger partial charge is 0.416 e. The number of halogens is 1. The van der Waals surface area contributed by atoms with Crippen LogP contribution in [0.1, 0.15) is 32.4 Å². The fraction of sp³-hybridized carbons (Fsp3) is 0.421. The van der Waals surface area contributed by atoms with E-state index in [2.05, 4.69) is 15.3 Å². The van der Waals surface area contributed by atoms with Gasteiger partial charge in [0.2, 0.25) is 5.95 Å². The zero-order valence-electron chi connectivity index (χ0n) is 15.8. The van der Waals surface area contributed by atoms with Crippen molar-refractivity contribution in [3.8, 4) is 5.75 Å². The molecule has 1 aliphatic rings. The molecular weight excluding hydrogens is 351 g/mol. The third-order valence-electron chi connectivity index (χ3n) is 4.59. The van der Waals surface area contributed by atoms with Gasteiger partial charge >= 0.3 is 6.09 Å². The van der Waals surface area contributed by atoms with E-state index < -0.39 is 11.9 Å². The normalized spacial score (nSPS) is 17.8. The Morgan fingerprint density at radius 1 is 1.30 bits per heavy atom. The highest BCUT2D eigenvalue weighted by Gasteiger charge is 2.38. The lowest BCUT2D eigenvalue weighted by Gasteiger charge is -2.24. The lowest BCUT2D eigenvalue weighted by molar-refractivity contribution is 0.177. The van der Waals surface area contributed by atoms with Crippen LogP contribution >= 0.6 is 0 Å². The topological polar surface area (TPSA) is 76.6 Å². The second-order valence-corrected chi connectivity index (χ2v) is 6.76. The maximum Gasteiger partial charge on any atom is 0.416 e. The van der Waals surface area contributed by atoms with Gasteiger partial charge in [0, 0.05) is 0 Å². The van der Waals surface area contributed by atoms with Crippen LogP contribution in [0.4, 0.5) is 21.0 Å². The van der Waals surface area contributed by atoms with Gasteiger partial charge in [-0.25, -0.2) is 14.2 Å². The van der Waals surface area contributed by atoms with Gasteiger partial charge in [0.25, 0.3) is 0 Å². The van der Waals surface area contributed by atoms with Gasteiger partial charge in [0.1, 0.15) is 12.4 Å². The summed E-state index contributed by atoms with van der Waals surface area (Å²) in [6, 6.07) is 7.17. The Bertz CT molecular complexity index is 813. The average molecular weight is 374 g/mol. The van der Waals surface area contributed by atoms with Gasteiger partial charge in [-0.2, -0.15) is 4.98 Å². The maximum absolute atomic E-state index is 14.4. The molecule has 0 aliphatic carbocycles. The number of anilines is 2. The van der Waals surface area contributed by atoms with E-state index in [1.54, 1.807) is 7.11 Å². The number of benzene rings is 1. The summed E-state index contributed by atoms with van der Waals surface area (Å²) in [5.41, 5.74) is 0.992. The summed E-state index contributed by atoms with van der Waals surface area (Å²) in [4.78, 5) is 21.6. The molecule has 2 atom stereocenters. The van der Waals surface area contributed by atoms with Crippen molar-refractivity contribution in [2.45, 2.75) is 32.9 Å². The van der Waals surface area contributed by atoms with Crippen molar-refractivity contribution in [3.63, 3.8) is 0 Å². The molecule has 1 aromatic heterocycles. The van der Waals surface area contributed by atoms with Crippen LogP contribution in [0.15, 0.2) is 30.5 Å². The zero-order valence-corrected chi connectivity index (χ0v) is 15.8. The molecule has 0 bridgehead atoms. The van der Waals surface area contributed by atoms with E-state index in [0.29, 0.717) is 0 Å². The van der Waals surface area contributed by atoms with Crippen LogP contribution in [-0.4, -0.2) is 35.8 Å². The molecule has 1 saturated heterocycles. The van der Waals surface area contributed by atoms with Crippen molar-refractivity contribution in [3.05, 3.63) is 41.8 Å². The van der Waals surface area contributed by atoms with Gasteiger partial charge in [-0.3, -0.25) is 4.90 Å². The van der Waals surface area contributed by atoms with E-state index in [9.17, 15) is 9.18 Å². The molecule has 3 rings (SSSR count). The fourth-order valence-electron chi connectivity index (χ4n) is 2.94. The van der Waals surface area contributed by atoms with Gasteiger partial charge in [-0.1, -0.05) is 26.0 Å². The van der Waals surface area contributed by atoms with Crippen LogP contribution in [-0.2, 0) is 4.74 Å². The predicted molar refractivity (Wildman–Crippen MR) is 99.5 cm³/mol. The number of aromatic nitrogens is 2. The molecule has 0 unspecified atom stereocenters. The van der Waals surface area contributed by atoms with E-state index in [4.69, 9.17) is 9.47 Å². The van der Waals surface area contributed by atoms with E-state index in [-0.39, 0.29) is 36.4 Å². The summed E-state index contributed by atoms with van der Waals surface area (Å²) in [7, 11) is 1.61. The van der Waals surface area contributed by atoms with Gasteiger partial charge in [-0.05, 0) is 30.5 Å². The molecule has 1 N–H and O–H groups in total. The minimum absolute atomic E-state index is 0.0735. The van der Waals surface area contributed by atoms with E-state index >= 15 is 0 Å². The Hall–Kier alpha value is -2.90. The first-order valence-electron chi connectivity index (χ1n) is 8.79. The van der Waals surface area contributed by atoms with Gasteiger partial charge in [0.15, 0.2) is 11.6 Å². The number of hydrogen-bond donors (Lipinski definition) is 1. The number of ether oxygens (including phenoxy) is 2. The lowest BCUT2D eigenvalue weighted by Crippen LogP contribution is -2.38. The third-order valence-corrected chi connectivity index (χ3v) is 4.59. The van der Waals surface area contributed by atoms with E-state index in [0.717, 1.165) is 17.5 Å². The Morgan fingerprint density at radius 3 is 2.63 bits per heavy atom. The molecule has 0 radical (unpaired) electrons. The summed E-state index contributed by atoms with van der Waals surface area (Å²) in [5, 5.41) is 3.14. The number of cyclic esters (lactones) is 1. The maximum atomic E-state index is 14.4. The summed E-state index contributed by atoms with van der Waals surface area (Å²) >= 11 is 0. The van der Waals surface area contributed by atoms with Crippen molar-refractivity contribution in [1.29, 1.82) is 0 Å². The first kappa shape index (κ1) is 18.9. The molecule has 1 aromatic carbocycles. The van der Waals surface area contributed by atoms with Crippen molar-refractivity contribution in [2.75, 3.05) is 23.9 Å². The van der Waals surface area contributed by atoms with Gasteiger partial charge in [-0.15, -0.1) is 0 Å². The van der Waals surface area contributed by atoms with Crippen LogP contribution in [0.25, 0.3) is 0 Å². The molecule has 1 fully saturated rings. The monoisotopic (exact) mass is 374 g/mol. The summed E-state index contributed by atoms with van der Waals surface area (Å²) < 4.78 is 24.6. The molecule has 0 saturated carbocycles. The van der Waals surface area contributed by atoms with E-state index in [1.165, 1.54) is 4.90 Å². The molecule has 2 heterocycles. The molecular formula is C19H23FN4O3. The predicted octanol–water partition coefficient (Wildman–Crippen LogP) is 3.78. The Labute approximate surface area is 157 Å². The van der Waals surface area contributed by atoms with Crippen LogP contribution in [0, 0.1) is 11.7 Å². The Balaban J connectivity index is 1.83.